The van der Waals surface area contributed by atoms with Crippen molar-refractivity contribution in [1.29, 1.82) is 0 Å². The summed E-state index contributed by atoms with van der Waals surface area (Å²) in [7, 11) is 1.62. The Kier molecular flexibility index (Phi) is 3.89. The Hall–Kier alpha value is -3.55. The molecule has 0 spiro atoms. The minimum Gasteiger partial charge on any atom is -0.497 e. The third-order valence-electron chi connectivity index (χ3n) is 5.23. The SMILES string of the molecule is COc1ccc([C@H]2Nc3nonc3NC3=C2C(=O)C[C@H](c2ccco2)C3)cc1. The van der Waals surface area contributed by atoms with Crippen LogP contribution in [-0.2, 0) is 4.79 Å². The number of furan rings is 1. The first kappa shape index (κ1) is 16.6. The lowest BCUT2D eigenvalue weighted by atomic mass is 9.80. The van der Waals surface area contributed by atoms with Gasteiger partial charge >= 0.3 is 0 Å². The number of hydrogen-bond donors (Lipinski definition) is 2. The van der Waals surface area contributed by atoms with Gasteiger partial charge in [0.25, 0.3) is 0 Å². The van der Waals surface area contributed by atoms with Crippen LogP contribution in [0.3, 0.4) is 0 Å². The lowest BCUT2D eigenvalue weighted by molar-refractivity contribution is -0.116. The molecule has 3 aromatic rings. The van der Waals surface area contributed by atoms with E-state index in [0.717, 1.165) is 22.8 Å². The number of aromatic nitrogens is 2. The van der Waals surface area contributed by atoms with Crippen LogP contribution in [-0.4, -0.2) is 23.2 Å². The third-order valence-corrected chi connectivity index (χ3v) is 5.23. The van der Waals surface area contributed by atoms with Crippen molar-refractivity contribution in [2.45, 2.75) is 24.8 Å². The summed E-state index contributed by atoms with van der Waals surface area (Å²) < 4.78 is 15.7. The predicted molar refractivity (Wildman–Crippen MR) is 100.0 cm³/mol. The van der Waals surface area contributed by atoms with E-state index in [9.17, 15) is 4.79 Å². The van der Waals surface area contributed by atoms with Gasteiger partial charge in [-0.25, -0.2) is 4.63 Å². The van der Waals surface area contributed by atoms with Gasteiger partial charge in [-0.2, -0.15) is 0 Å². The number of carbonyl (C=O) groups is 1. The Morgan fingerprint density at radius 2 is 1.93 bits per heavy atom. The van der Waals surface area contributed by atoms with Crippen molar-refractivity contribution in [3.8, 4) is 5.75 Å². The highest BCUT2D eigenvalue weighted by molar-refractivity contribution is 6.00. The molecule has 8 heteroatoms. The molecule has 0 radical (unpaired) electrons. The zero-order valence-corrected chi connectivity index (χ0v) is 15.1. The summed E-state index contributed by atoms with van der Waals surface area (Å²) in [5.74, 6) is 2.53. The van der Waals surface area contributed by atoms with Crippen molar-refractivity contribution in [1.82, 2.24) is 10.3 Å². The van der Waals surface area contributed by atoms with Crippen LogP contribution in [0.5, 0.6) is 5.75 Å². The van der Waals surface area contributed by atoms with Gasteiger partial charge in [0, 0.05) is 23.6 Å². The number of ether oxygens (including phenoxy) is 1. The van der Waals surface area contributed by atoms with Gasteiger partial charge in [-0.15, -0.1) is 0 Å². The number of nitrogens with one attached hydrogen (secondary N) is 2. The van der Waals surface area contributed by atoms with E-state index in [1.807, 2.05) is 36.4 Å². The fourth-order valence-corrected chi connectivity index (χ4v) is 3.87. The molecule has 0 saturated carbocycles. The van der Waals surface area contributed by atoms with E-state index in [1.54, 1.807) is 13.4 Å². The van der Waals surface area contributed by atoms with Gasteiger partial charge in [0.2, 0.25) is 11.6 Å². The van der Waals surface area contributed by atoms with E-state index in [-0.39, 0.29) is 17.7 Å². The molecule has 2 atom stereocenters. The number of fused-ring (bicyclic) bond motifs is 1. The number of rotatable bonds is 3. The minimum atomic E-state index is -0.369. The number of nitrogens with zero attached hydrogens (tertiary/aromatic N) is 2. The van der Waals surface area contributed by atoms with E-state index in [4.69, 9.17) is 13.8 Å². The Balaban J connectivity index is 1.59. The molecule has 1 aromatic carbocycles. The molecule has 8 nitrogen and oxygen atoms in total. The third kappa shape index (κ3) is 2.74. The average Bonchev–Trinajstić information content (AvgIpc) is 3.37. The number of anilines is 2. The summed E-state index contributed by atoms with van der Waals surface area (Å²) in [5, 5.41) is 14.4. The van der Waals surface area contributed by atoms with Crippen molar-refractivity contribution in [2.24, 2.45) is 0 Å². The number of hydrogen-bond acceptors (Lipinski definition) is 8. The van der Waals surface area contributed by atoms with Gasteiger partial charge in [-0.05, 0) is 46.6 Å². The highest BCUT2D eigenvalue weighted by Gasteiger charge is 2.38. The fraction of sp³-hybridized carbons (Fsp3) is 0.250. The van der Waals surface area contributed by atoms with Crippen LogP contribution in [0.1, 0.15) is 36.1 Å². The molecule has 5 rings (SSSR count). The summed E-state index contributed by atoms with van der Waals surface area (Å²) in [6.07, 6.45) is 2.65. The van der Waals surface area contributed by atoms with Gasteiger partial charge in [0.05, 0.1) is 19.4 Å². The van der Waals surface area contributed by atoms with Crippen LogP contribution >= 0.6 is 0 Å². The van der Waals surface area contributed by atoms with Crippen molar-refractivity contribution >= 4 is 17.4 Å². The molecule has 1 aliphatic carbocycles. The molecule has 2 aliphatic rings. The number of carbonyl (C=O) groups excluding carboxylic acids is 1. The lowest BCUT2D eigenvalue weighted by Gasteiger charge is -2.28. The number of benzene rings is 1. The Labute approximate surface area is 160 Å². The van der Waals surface area contributed by atoms with Crippen molar-refractivity contribution in [3.63, 3.8) is 0 Å². The zero-order chi connectivity index (χ0) is 19.1. The van der Waals surface area contributed by atoms with Gasteiger partial charge < -0.3 is 19.8 Å². The molecule has 0 unspecified atom stereocenters. The Morgan fingerprint density at radius 1 is 1.11 bits per heavy atom. The number of methoxy groups -OCH3 is 1. The fourth-order valence-electron chi connectivity index (χ4n) is 3.87. The highest BCUT2D eigenvalue weighted by Crippen LogP contribution is 2.43. The van der Waals surface area contributed by atoms with Crippen LogP contribution in [0, 0.1) is 0 Å². The second-order valence-corrected chi connectivity index (χ2v) is 6.87. The van der Waals surface area contributed by atoms with Crippen LogP contribution in [0.25, 0.3) is 0 Å². The van der Waals surface area contributed by atoms with E-state index >= 15 is 0 Å². The molecule has 0 fully saturated rings. The summed E-state index contributed by atoms with van der Waals surface area (Å²) in [4.78, 5) is 13.2. The van der Waals surface area contributed by atoms with Gasteiger partial charge in [0.1, 0.15) is 11.5 Å². The van der Waals surface area contributed by atoms with Gasteiger partial charge in [-0.3, -0.25) is 4.79 Å². The molecule has 0 bridgehead atoms. The number of allylic oxidation sites excluding steroid dienone is 1. The van der Waals surface area contributed by atoms with Crippen LogP contribution in [0.2, 0.25) is 0 Å². The quantitative estimate of drug-likeness (QED) is 0.712. The maximum Gasteiger partial charge on any atom is 0.219 e. The topological polar surface area (TPSA) is 102 Å². The molecule has 0 amide bonds. The largest absolute Gasteiger partial charge is 0.497 e. The monoisotopic (exact) mass is 378 g/mol. The van der Waals surface area contributed by atoms with Crippen molar-refractivity contribution < 1.29 is 18.6 Å². The lowest BCUT2D eigenvalue weighted by Crippen LogP contribution is -2.26. The molecule has 28 heavy (non-hydrogen) atoms. The van der Waals surface area contributed by atoms with E-state index < -0.39 is 0 Å². The summed E-state index contributed by atoms with van der Waals surface area (Å²) in [5.41, 5.74) is 2.42. The molecule has 3 heterocycles. The molecule has 1 aliphatic heterocycles. The first-order valence-corrected chi connectivity index (χ1v) is 9.02. The van der Waals surface area contributed by atoms with Crippen LogP contribution in [0.15, 0.2) is 63.0 Å². The van der Waals surface area contributed by atoms with E-state index in [1.165, 1.54) is 0 Å². The first-order chi connectivity index (χ1) is 13.7. The molecule has 0 saturated heterocycles. The van der Waals surface area contributed by atoms with Gasteiger partial charge in [-0.1, -0.05) is 12.1 Å². The number of Topliss-reactive ketones (excluding diaryl/α,β-unsaturated/α-hetero) is 1. The summed E-state index contributed by atoms with van der Waals surface area (Å²) in [6, 6.07) is 11.0. The Morgan fingerprint density at radius 3 is 2.68 bits per heavy atom. The molecular weight excluding hydrogens is 360 g/mol. The van der Waals surface area contributed by atoms with Crippen LogP contribution in [0.4, 0.5) is 11.6 Å². The Bertz CT molecular complexity index is 1040. The standard InChI is InChI=1S/C20H18N4O4/c1-26-13-6-4-11(5-7-13)18-17-14(21-19-20(22-18)24-28-23-19)9-12(10-15(17)25)16-3-2-8-27-16/h2-8,12,18H,9-10H2,1H3,(H,21,23)(H,22,24)/t12-,18-/m1/s1. The summed E-state index contributed by atoms with van der Waals surface area (Å²) in [6.45, 7) is 0. The second-order valence-electron chi connectivity index (χ2n) is 6.87. The summed E-state index contributed by atoms with van der Waals surface area (Å²) >= 11 is 0. The average molecular weight is 378 g/mol. The van der Waals surface area contributed by atoms with Gasteiger partial charge in [0.15, 0.2) is 5.78 Å². The smallest absolute Gasteiger partial charge is 0.219 e. The van der Waals surface area contributed by atoms with Crippen molar-refractivity contribution in [2.75, 3.05) is 17.7 Å². The molecule has 142 valence electrons. The molecule has 2 N–H and O–H groups in total. The molecular formula is C20H18N4O4. The molecule has 2 aromatic heterocycles. The zero-order valence-electron chi connectivity index (χ0n) is 15.1. The van der Waals surface area contributed by atoms with E-state index in [2.05, 4.69) is 20.9 Å². The van der Waals surface area contributed by atoms with Crippen molar-refractivity contribution in [3.05, 3.63) is 65.3 Å². The maximum atomic E-state index is 13.2. The highest BCUT2D eigenvalue weighted by atomic mass is 16.6. The first-order valence-electron chi connectivity index (χ1n) is 9.02. The maximum absolute atomic E-state index is 13.2. The van der Waals surface area contributed by atoms with Crippen LogP contribution < -0.4 is 15.4 Å². The number of ketones is 1. The van der Waals surface area contributed by atoms with E-state index in [0.29, 0.717) is 30.1 Å². The minimum absolute atomic E-state index is 0.0216. The second kappa shape index (κ2) is 6.56. The predicted octanol–water partition coefficient (Wildman–Crippen LogP) is 3.65. The normalized spacial score (nSPS) is 21.2.